The molecule has 7 rings (SSSR count). The van der Waals surface area contributed by atoms with Gasteiger partial charge in [0.05, 0.1) is 35.9 Å². The van der Waals surface area contributed by atoms with Crippen LogP contribution in [0.3, 0.4) is 0 Å². The fourth-order valence-electron chi connectivity index (χ4n) is 8.13. The first-order valence-electron chi connectivity index (χ1n) is 15.8. The van der Waals surface area contributed by atoms with Gasteiger partial charge in [-0.1, -0.05) is 19.9 Å². The van der Waals surface area contributed by atoms with Crippen LogP contribution in [0.15, 0.2) is 6.07 Å². The predicted octanol–water partition coefficient (Wildman–Crippen LogP) is 5.01. The van der Waals surface area contributed by atoms with Crippen molar-refractivity contribution >= 4 is 17.7 Å². The van der Waals surface area contributed by atoms with E-state index in [2.05, 4.69) is 49.8 Å². The molecule has 0 amide bonds. The number of likely N-dealkylation sites (N-methyl/N-ethyl adjacent to an activating group) is 1. The van der Waals surface area contributed by atoms with Crippen molar-refractivity contribution in [2.24, 2.45) is 5.92 Å². The molecule has 2 fully saturated rings. The fourth-order valence-corrected chi connectivity index (χ4v) is 9.66. The van der Waals surface area contributed by atoms with Gasteiger partial charge in [-0.25, -0.2) is 0 Å². The van der Waals surface area contributed by atoms with Gasteiger partial charge in [0, 0.05) is 40.1 Å². The number of fused-ring (bicyclic) bond motifs is 9. The molecule has 2 aromatic carbocycles. The zero-order valence-corrected chi connectivity index (χ0v) is 27.5. The molecule has 1 N–H and O–H groups in total. The molecule has 4 bridgehead atoms. The van der Waals surface area contributed by atoms with Crippen LogP contribution in [0.5, 0.6) is 23.0 Å². The number of rotatable bonds is 5. The third kappa shape index (κ3) is 4.51. The van der Waals surface area contributed by atoms with E-state index < -0.39 is 12.1 Å². The number of hydrogen-bond donors (Lipinski definition) is 1. The molecule has 2 aromatic rings. The van der Waals surface area contributed by atoms with Crippen molar-refractivity contribution in [3.05, 3.63) is 45.0 Å². The van der Waals surface area contributed by atoms with Crippen molar-refractivity contribution in [1.29, 1.82) is 5.26 Å². The van der Waals surface area contributed by atoms with Crippen LogP contribution >= 0.6 is 11.8 Å². The lowest BCUT2D eigenvalue weighted by molar-refractivity contribution is -0.153. The highest BCUT2D eigenvalue weighted by Gasteiger charge is 2.60. The summed E-state index contributed by atoms with van der Waals surface area (Å²) in [5.41, 5.74) is 6.67. The van der Waals surface area contributed by atoms with Gasteiger partial charge in [0.2, 0.25) is 6.79 Å². The lowest BCUT2D eigenvalue weighted by atomic mass is 9.71. The van der Waals surface area contributed by atoms with Gasteiger partial charge >= 0.3 is 5.97 Å². The summed E-state index contributed by atoms with van der Waals surface area (Å²) in [6.07, 6.45) is 1.57. The lowest BCUT2D eigenvalue weighted by Crippen LogP contribution is -2.69. The summed E-state index contributed by atoms with van der Waals surface area (Å²) in [5, 5.41) is 22.5. The number of aryl methyl sites for hydroxylation is 1. The number of carbonyl (C=O) groups excluding carboxylic acids is 1. The zero-order chi connectivity index (χ0) is 31.7. The van der Waals surface area contributed by atoms with Crippen LogP contribution in [-0.4, -0.2) is 78.6 Å². The molecule has 45 heavy (non-hydrogen) atoms. The quantitative estimate of drug-likeness (QED) is 0.272. The third-order valence-corrected chi connectivity index (χ3v) is 12.0. The van der Waals surface area contributed by atoms with Crippen LogP contribution in [0, 0.1) is 38.0 Å². The molecule has 0 aliphatic carbocycles. The number of cyclic esters (lactones) is 1. The Morgan fingerprint density at radius 3 is 2.67 bits per heavy atom. The van der Waals surface area contributed by atoms with E-state index in [0.29, 0.717) is 35.8 Å². The lowest BCUT2D eigenvalue weighted by Gasteiger charge is -2.61. The second-order valence-electron chi connectivity index (χ2n) is 13.0. The number of ether oxygens (including phenoxy) is 5. The number of benzene rings is 2. The fraction of sp³-hybridized carbons (Fsp3) is 0.588. The molecule has 0 radical (unpaired) electrons. The van der Waals surface area contributed by atoms with E-state index in [0.717, 1.165) is 40.0 Å². The molecular formula is C34H41N3O7S. The Morgan fingerprint density at radius 2 is 1.91 bits per heavy atom. The first kappa shape index (κ1) is 30.5. The van der Waals surface area contributed by atoms with Gasteiger partial charge in [-0.3, -0.25) is 14.6 Å². The molecule has 7 atom stereocenters. The number of carbonyl (C=O) groups is 1. The molecule has 0 spiro atoms. The van der Waals surface area contributed by atoms with Crippen molar-refractivity contribution in [2.45, 2.75) is 82.9 Å². The van der Waals surface area contributed by atoms with E-state index in [1.54, 1.807) is 11.8 Å². The second-order valence-corrected chi connectivity index (χ2v) is 14.1. The number of esters is 1. The molecule has 5 aliphatic rings. The van der Waals surface area contributed by atoms with Gasteiger partial charge in [-0.15, -0.1) is 0 Å². The molecular weight excluding hydrogens is 594 g/mol. The summed E-state index contributed by atoms with van der Waals surface area (Å²) in [6.45, 7) is 10.9. The average molecular weight is 636 g/mol. The Kier molecular flexibility index (Phi) is 7.84. The molecule has 240 valence electrons. The number of nitriles is 1. The summed E-state index contributed by atoms with van der Waals surface area (Å²) in [6, 6.07) is 3.34. The highest BCUT2D eigenvalue weighted by atomic mass is 32.2. The van der Waals surface area contributed by atoms with E-state index in [-0.39, 0.29) is 61.2 Å². The zero-order valence-electron chi connectivity index (χ0n) is 26.7. The highest BCUT2D eigenvalue weighted by Crippen LogP contribution is 2.63. The molecule has 5 heterocycles. The molecule has 1 unspecified atom stereocenters. The van der Waals surface area contributed by atoms with Crippen LogP contribution < -0.4 is 14.2 Å². The van der Waals surface area contributed by atoms with E-state index in [1.165, 1.54) is 5.56 Å². The highest BCUT2D eigenvalue weighted by molar-refractivity contribution is 7.99. The number of piperazine rings is 1. The van der Waals surface area contributed by atoms with Gasteiger partial charge in [-0.2, -0.15) is 17.0 Å². The summed E-state index contributed by atoms with van der Waals surface area (Å²) in [5.74, 6) is 1.99. The Morgan fingerprint density at radius 1 is 1.13 bits per heavy atom. The first-order chi connectivity index (χ1) is 21.7. The van der Waals surface area contributed by atoms with Crippen LogP contribution in [0.1, 0.15) is 76.5 Å². The van der Waals surface area contributed by atoms with Crippen LogP contribution in [-0.2, 0) is 20.7 Å². The molecule has 10 nitrogen and oxygen atoms in total. The number of nitrogens with zero attached hydrogens (tertiary/aromatic N) is 3. The van der Waals surface area contributed by atoms with Crippen LogP contribution in [0.4, 0.5) is 0 Å². The maximum atomic E-state index is 13.1. The number of aromatic hydroxyl groups is 1. The van der Waals surface area contributed by atoms with E-state index in [9.17, 15) is 15.2 Å². The van der Waals surface area contributed by atoms with Gasteiger partial charge < -0.3 is 28.8 Å². The monoisotopic (exact) mass is 635 g/mol. The topological polar surface area (TPSA) is 114 Å². The minimum absolute atomic E-state index is 0.0394. The van der Waals surface area contributed by atoms with Gasteiger partial charge in [0.1, 0.15) is 24.1 Å². The van der Waals surface area contributed by atoms with Crippen molar-refractivity contribution in [2.75, 3.05) is 39.6 Å². The molecule has 0 saturated carbocycles. The van der Waals surface area contributed by atoms with E-state index in [1.807, 2.05) is 13.8 Å². The van der Waals surface area contributed by atoms with E-state index in [4.69, 9.17) is 23.7 Å². The Bertz CT molecular complexity index is 1590. The van der Waals surface area contributed by atoms with E-state index >= 15 is 0 Å². The van der Waals surface area contributed by atoms with Crippen molar-refractivity contribution in [3.8, 4) is 29.1 Å². The summed E-state index contributed by atoms with van der Waals surface area (Å²) < 4.78 is 30.2. The Hall–Kier alpha value is -3.17. The van der Waals surface area contributed by atoms with Crippen molar-refractivity contribution < 1.29 is 33.6 Å². The molecule has 0 aromatic heterocycles. The summed E-state index contributed by atoms with van der Waals surface area (Å²) in [7, 11) is 2.11. The minimum atomic E-state index is -0.522. The number of thioether (sulfide) groups is 1. The summed E-state index contributed by atoms with van der Waals surface area (Å²) >= 11 is 1.64. The maximum absolute atomic E-state index is 13.1. The van der Waals surface area contributed by atoms with Gasteiger partial charge in [-0.05, 0) is 57.4 Å². The Balaban J connectivity index is 1.48. The Labute approximate surface area is 268 Å². The molecule has 11 heteroatoms. The third-order valence-electron chi connectivity index (χ3n) is 10.4. The smallest absolute Gasteiger partial charge is 0.309 e. The summed E-state index contributed by atoms with van der Waals surface area (Å²) in [4.78, 5) is 17.7. The van der Waals surface area contributed by atoms with Crippen molar-refractivity contribution in [3.63, 3.8) is 0 Å². The largest absolute Gasteiger partial charge is 0.507 e. The standard InChI is InChI=1S/C34H41N3O7S/c1-7-8-40-14-42-30-18(4)16(2)9-20-10-21-22(11-35)37-23-12-41-34(39)17(3)13-45-33(28(37)27(24(20)30)36(21)6)26-25(23)32-31(43-15-44-32)19(5)29(26)38/h9,17,21-23,27-28,33,38H,7-8,10,12-15H2,1-6H3/t17-,21-,22-,23+,27-,28?,33+/m0/s1. The molecule has 2 saturated heterocycles. The maximum Gasteiger partial charge on any atom is 0.309 e. The minimum Gasteiger partial charge on any atom is -0.507 e. The van der Waals surface area contributed by atoms with Gasteiger partial charge in [0.25, 0.3) is 0 Å². The number of phenols is 1. The number of hydrogen-bond acceptors (Lipinski definition) is 11. The van der Waals surface area contributed by atoms with Crippen LogP contribution in [0.2, 0.25) is 0 Å². The van der Waals surface area contributed by atoms with Gasteiger partial charge in [0.15, 0.2) is 18.3 Å². The normalized spacial score (nSPS) is 30.2. The van der Waals surface area contributed by atoms with Crippen molar-refractivity contribution in [1.82, 2.24) is 9.80 Å². The van der Waals surface area contributed by atoms with Crippen LogP contribution in [0.25, 0.3) is 0 Å². The average Bonchev–Trinajstić information content (AvgIpc) is 3.51. The number of phenolic OH excluding ortho intramolecular Hbond substituents is 1. The SMILES string of the molecule is CCCOCOc1c(C)c(C)cc2c1[C@H]1C3[C@@H]4SC[C@H](C)C(=O)OC[C@H](c5c6c(c(C)c(O)c54)OCO6)N3[C@@H](C#N)[C@H](C2)N1C. The first-order valence-corrected chi connectivity index (χ1v) is 16.9. The second kappa shape index (κ2) is 11.6. The predicted molar refractivity (Wildman–Crippen MR) is 168 cm³/mol. The molecule has 5 aliphatic heterocycles.